The lowest BCUT2D eigenvalue weighted by Crippen LogP contribution is -2.42. The Bertz CT molecular complexity index is 220. The van der Waals surface area contributed by atoms with Gasteiger partial charge in [-0.3, -0.25) is 4.99 Å². The third-order valence-electron chi connectivity index (χ3n) is 3.78. The molecule has 0 saturated heterocycles. The molecule has 3 heteroatoms. The first kappa shape index (κ1) is 14.3. The van der Waals surface area contributed by atoms with E-state index in [2.05, 4.69) is 29.5 Å². The molecule has 2 N–H and O–H groups in total. The van der Waals surface area contributed by atoms with E-state index in [1.807, 2.05) is 7.05 Å². The summed E-state index contributed by atoms with van der Waals surface area (Å²) in [6.07, 6.45) is 9.60. The van der Waals surface area contributed by atoms with Gasteiger partial charge in [-0.1, -0.05) is 32.6 Å². The highest BCUT2D eigenvalue weighted by Gasteiger charge is 2.14. The van der Waals surface area contributed by atoms with Crippen LogP contribution in [0.25, 0.3) is 0 Å². The van der Waals surface area contributed by atoms with Crippen molar-refractivity contribution in [2.45, 2.75) is 64.8 Å². The topological polar surface area (TPSA) is 36.4 Å². The molecule has 0 heterocycles. The normalized spacial score (nSPS) is 19.4. The zero-order valence-corrected chi connectivity index (χ0v) is 11.8. The van der Waals surface area contributed by atoms with Crippen molar-refractivity contribution in [3.8, 4) is 0 Å². The number of hydrogen-bond donors (Lipinski definition) is 2. The highest BCUT2D eigenvalue weighted by Crippen LogP contribution is 2.28. The fraction of sp³-hybridized carbons (Fsp3) is 0.929. The molecule has 1 saturated carbocycles. The molecule has 17 heavy (non-hydrogen) atoms. The minimum atomic E-state index is 0.496. The summed E-state index contributed by atoms with van der Waals surface area (Å²) in [4.78, 5) is 4.24. The molecule has 0 aliphatic heterocycles. The van der Waals surface area contributed by atoms with E-state index >= 15 is 0 Å². The highest BCUT2D eigenvalue weighted by atomic mass is 15.2. The van der Waals surface area contributed by atoms with Gasteiger partial charge in [-0.2, -0.15) is 0 Å². The summed E-state index contributed by atoms with van der Waals surface area (Å²) in [5.74, 6) is 1.95. The second-order valence-corrected chi connectivity index (χ2v) is 5.25. The summed E-state index contributed by atoms with van der Waals surface area (Å²) in [5, 5.41) is 6.78. The Morgan fingerprint density at radius 1 is 1.35 bits per heavy atom. The van der Waals surface area contributed by atoms with Gasteiger partial charge in [0, 0.05) is 19.6 Å². The SMILES string of the molecule is CCC(C)NC(=NC)NCCCC1CCCC1. The second kappa shape index (κ2) is 8.37. The smallest absolute Gasteiger partial charge is 0.191 e. The first-order chi connectivity index (χ1) is 8.26. The summed E-state index contributed by atoms with van der Waals surface area (Å²) in [6.45, 7) is 5.42. The Morgan fingerprint density at radius 2 is 2.06 bits per heavy atom. The number of guanidine groups is 1. The number of aliphatic imine (C=N–C) groups is 1. The molecule has 1 fully saturated rings. The molecule has 100 valence electrons. The van der Waals surface area contributed by atoms with Crippen LogP contribution in [0, 0.1) is 5.92 Å². The maximum atomic E-state index is 4.24. The van der Waals surface area contributed by atoms with Crippen molar-refractivity contribution in [2.75, 3.05) is 13.6 Å². The Morgan fingerprint density at radius 3 is 2.65 bits per heavy atom. The zero-order valence-electron chi connectivity index (χ0n) is 11.8. The number of hydrogen-bond acceptors (Lipinski definition) is 1. The molecule has 1 rings (SSSR count). The van der Waals surface area contributed by atoms with Gasteiger partial charge >= 0.3 is 0 Å². The van der Waals surface area contributed by atoms with Gasteiger partial charge in [0.1, 0.15) is 0 Å². The number of nitrogens with one attached hydrogen (secondary N) is 2. The molecule has 0 spiro atoms. The summed E-state index contributed by atoms with van der Waals surface area (Å²) in [5.41, 5.74) is 0. The Kier molecular flexibility index (Phi) is 7.06. The van der Waals surface area contributed by atoms with Gasteiger partial charge in [0.05, 0.1) is 0 Å². The van der Waals surface area contributed by atoms with E-state index in [9.17, 15) is 0 Å². The van der Waals surface area contributed by atoms with Crippen LogP contribution >= 0.6 is 0 Å². The molecule has 1 aliphatic rings. The van der Waals surface area contributed by atoms with Crippen LogP contribution < -0.4 is 10.6 Å². The number of rotatable bonds is 6. The van der Waals surface area contributed by atoms with E-state index in [-0.39, 0.29) is 0 Å². The summed E-state index contributed by atoms with van der Waals surface area (Å²) < 4.78 is 0. The second-order valence-electron chi connectivity index (χ2n) is 5.25. The zero-order chi connectivity index (χ0) is 12.5. The quantitative estimate of drug-likeness (QED) is 0.425. The maximum absolute atomic E-state index is 4.24. The largest absolute Gasteiger partial charge is 0.356 e. The van der Waals surface area contributed by atoms with Gasteiger partial charge in [-0.15, -0.1) is 0 Å². The van der Waals surface area contributed by atoms with Crippen molar-refractivity contribution in [3.63, 3.8) is 0 Å². The minimum absolute atomic E-state index is 0.496. The van der Waals surface area contributed by atoms with Crippen molar-refractivity contribution in [1.29, 1.82) is 0 Å². The van der Waals surface area contributed by atoms with E-state index in [1.54, 1.807) is 0 Å². The Balaban J connectivity index is 2.06. The van der Waals surface area contributed by atoms with E-state index in [4.69, 9.17) is 0 Å². The fourth-order valence-corrected chi connectivity index (χ4v) is 2.43. The minimum Gasteiger partial charge on any atom is -0.356 e. The van der Waals surface area contributed by atoms with Crippen LogP contribution in [0.4, 0.5) is 0 Å². The molecule has 0 amide bonds. The van der Waals surface area contributed by atoms with Gasteiger partial charge < -0.3 is 10.6 Å². The molecular formula is C14H29N3. The first-order valence-electron chi connectivity index (χ1n) is 7.23. The van der Waals surface area contributed by atoms with Crippen LogP contribution in [0.1, 0.15) is 58.8 Å². The van der Waals surface area contributed by atoms with Gasteiger partial charge in [-0.25, -0.2) is 0 Å². The monoisotopic (exact) mass is 239 g/mol. The third kappa shape index (κ3) is 5.94. The molecule has 0 aromatic carbocycles. The lowest BCUT2D eigenvalue weighted by atomic mass is 10.0. The maximum Gasteiger partial charge on any atom is 0.191 e. The number of nitrogens with zero attached hydrogens (tertiary/aromatic N) is 1. The first-order valence-corrected chi connectivity index (χ1v) is 7.23. The molecule has 0 aromatic rings. The lowest BCUT2D eigenvalue weighted by Gasteiger charge is -2.16. The summed E-state index contributed by atoms with van der Waals surface area (Å²) in [7, 11) is 1.84. The fourth-order valence-electron chi connectivity index (χ4n) is 2.43. The van der Waals surface area contributed by atoms with Gasteiger partial charge in [0.25, 0.3) is 0 Å². The molecule has 1 aliphatic carbocycles. The molecule has 3 nitrogen and oxygen atoms in total. The highest BCUT2D eigenvalue weighted by molar-refractivity contribution is 5.79. The predicted octanol–water partition coefficient (Wildman–Crippen LogP) is 2.92. The summed E-state index contributed by atoms with van der Waals surface area (Å²) >= 11 is 0. The average molecular weight is 239 g/mol. The van der Waals surface area contributed by atoms with Crippen molar-refractivity contribution in [2.24, 2.45) is 10.9 Å². The molecular weight excluding hydrogens is 210 g/mol. The lowest BCUT2D eigenvalue weighted by molar-refractivity contribution is 0.480. The van der Waals surface area contributed by atoms with Crippen LogP contribution in [-0.4, -0.2) is 25.6 Å². The van der Waals surface area contributed by atoms with Gasteiger partial charge in [0.2, 0.25) is 0 Å². The predicted molar refractivity (Wildman–Crippen MR) is 75.4 cm³/mol. The van der Waals surface area contributed by atoms with E-state index in [0.29, 0.717) is 6.04 Å². The van der Waals surface area contributed by atoms with Crippen LogP contribution in [0.15, 0.2) is 4.99 Å². The third-order valence-corrected chi connectivity index (χ3v) is 3.78. The van der Waals surface area contributed by atoms with Crippen molar-refractivity contribution in [1.82, 2.24) is 10.6 Å². The van der Waals surface area contributed by atoms with Crippen LogP contribution in [0.2, 0.25) is 0 Å². The average Bonchev–Trinajstić information content (AvgIpc) is 2.85. The van der Waals surface area contributed by atoms with Crippen molar-refractivity contribution < 1.29 is 0 Å². The molecule has 0 aromatic heterocycles. The summed E-state index contributed by atoms with van der Waals surface area (Å²) in [6, 6.07) is 0.496. The molecule has 1 unspecified atom stereocenters. The van der Waals surface area contributed by atoms with Crippen LogP contribution in [-0.2, 0) is 0 Å². The van der Waals surface area contributed by atoms with Gasteiger partial charge in [-0.05, 0) is 32.1 Å². The van der Waals surface area contributed by atoms with Gasteiger partial charge in [0.15, 0.2) is 5.96 Å². The van der Waals surface area contributed by atoms with E-state index in [0.717, 1.165) is 24.8 Å². The van der Waals surface area contributed by atoms with E-state index in [1.165, 1.54) is 38.5 Å². The van der Waals surface area contributed by atoms with Crippen LogP contribution in [0.5, 0.6) is 0 Å². The standard InChI is InChI=1S/C14H29N3/c1-4-12(2)17-14(15-3)16-11-7-10-13-8-5-6-9-13/h12-13H,4-11H2,1-3H3,(H2,15,16,17). The molecule has 1 atom stereocenters. The van der Waals surface area contributed by atoms with E-state index < -0.39 is 0 Å². The molecule has 0 radical (unpaired) electrons. The van der Waals surface area contributed by atoms with Crippen molar-refractivity contribution >= 4 is 5.96 Å². The van der Waals surface area contributed by atoms with Crippen LogP contribution in [0.3, 0.4) is 0 Å². The molecule has 0 bridgehead atoms. The Labute approximate surface area is 106 Å². The van der Waals surface area contributed by atoms with Crippen molar-refractivity contribution in [3.05, 3.63) is 0 Å². The Hall–Kier alpha value is -0.730.